The third-order valence-electron chi connectivity index (χ3n) is 2.27. The normalized spacial score (nSPS) is 10.3. The standard InChI is InChI=1S/C11H10ClN3O3/c12-9-3-1-8(2-4-9)5-15(7-16)6-10-13-14-11(17)18-10/h1-4,7H,5-6H2,(H,14,17). The van der Waals surface area contributed by atoms with Crippen LogP contribution in [0.15, 0.2) is 33.5 Å². The van der Waals surface area contributed by atoms with Gasteiger partial charge in [-0.1, -0.05) is 23.7 Å². The van der Waals surface area contributed by atoms with Crippen LogP contribution in [0.3, 0.4) is 0 Å². The summed E-state index contributed by atoms with van der Waals surface area (Å²) < 4.78 is 4.73. The summed E-state index contributed by atoms with van der Waals surface area (Å²) in [5.74, 6) is -0.469. The second-order valence-corrected chi connectivity index (χ2v) is 4.08. The highest BCUT2D eigenvalue weighted by Crippen LogP contribution is 2.11. The summed E-state index contributed by atoms with van der Waals surface area (Å²) in [6.07, 6.45) is 0.670. The minimum atomic E-state index is -0.637. The molecule has 0 unspecified atom stereocenters. The molecule has 0 radical (unpaired) electrons. The number of hydrogen-bond donors (Lipinski definition) is 1. The lowest BCUT2D eigenvalue weighted by atomic mass is 10.2. The largest absolute Gasteiger partial charge is 0.434 e. The average molecular weight is 268 g/mol. The number of amides is 1. The van der Waals surface area contributed by atoms with Gasteiger partial charge in [-0.2, -0.15) is 0 Å². The molecule has 1 aromatic carbocycles. The first-order valence-electron chi connectivity index (χ1n) is 5.15. The number of carbonyl (C=O) groups excluding carboxylic acids is 1. The van der Waals surface area contributed by atoms with E-state index in [2.05, 4.69) is 10.2 Å². The van der Waals surface area contributed by atoms with Gasteiger partial charge in [0.05, 0.1) is 6.54 Å². The van der Waals surface area contributed by atoms with Crippen LogP contribution >= 0.6 is 11.6 Å². The number of aromatic amines is 1. The molecule has 2 rings (SSSR count). The molecule has 2 aromatic rings. The van der Waals surface area contributed by atoms with Gasteiger partial charge in [0, 0.05) is 11.6 Å². The first-order valence-corrected chi connectivity index (χ1v) is 5.53. The number of carbonyl (C=O) groups is 1. The van der Waals surface area contributed by atoms with Crippen molar-refractivity contribution >= 4 is 18.0 Å². The van der Waals surface area contributed by atoms with Crippen LogP contribution in [-0.4, -0.2) is 21.5 Å². The highest BCUT2D eigenvalue weighted by atomic mass is 35.5. The smallest absolute Gasteiger partial charge is 0.391 e. The molecule has 0 saturated heterocycles. The van der Waals surface area contributed by atoms with Gasteiger partial charge in [-0.05, 0) is 17.7 Å². The molecule has 94 valence electrons. The number of nitrogens with zero attached hydrogens (tertiary/aromatic N) is 2. The van der Waals surface area contributed by atoms with Gasteiger partial charge in [-0.3, -0.25) is 4.79 Å². The molecule has 1 N–H and O–H groups in total. The van der Waals surface area contributed by atoms with E-state index in [1.54, 1.807) is 12.1 Å². The summed E-state index contributed by atoms with van der Waals surface area (Å²) in [5, 5.41) is 6.40. The van der Waals surface area contributed by atoms with Crippen molar-refractivity contribution in [3.8, 4) is 0 Å². The molecule has 0 spiro atoms. The molecule has 0 bridgehead atoms. The summed E-state index contributed by atoms with van der Waals surface area (Å²) in [7, 11) is 0. The van der Waals surface area contributed by atoms with E-state index in [1.165, 1.54) is 4.90 Å². The Morgan fingerprint density at radius 2 is 2.06 bits per heavy atom. The fourth-order valence-corrected chi connectivity index (χ4v) is 1.58. The Morgan fingerprint density at radius 1 is 1.33 bits per heavy atom. The fourth-order valence-electron chi connectivity index (χ4n) is 1.46. The topological polar surface area (TPSA) is 79.2 Å². The quantitative estimate of drug-likeness (QED) is 0.825. The van der Waals surface area contributed by atoms with Crippen LogP contribution in [-0.2, 0) is 17.9 Å². The van der Waals surface area contributed by atoms with Crippen LogP contribution in [0.25, 0.3) is 0 Å². The Morgan fingerprint density at radius 3 is 2.61 bits per heavy atom. The molecular weight excluding hydrogens is 258 g/mol. The Bertz CT molecular complexity index is 576. The van der Waals surface area contributed by atoms with E-state index >= 15 is 0 Å². The molecule has 0 aliphatic heterocycles. The summed E-state index contributed by atoms with van der Waals surface area (Å²) >= 11 is 5.77. The second-order valence-electron chi connectivity index (χ2n) is 3.64. The van der Waals surface area contributed by atoms with E-state index < -0.39 is 5.76 Å². The van der Waals surface area contributed by atoms with Crippen LogP contribution in [0.4, 0.5) is 0 Å². The Kier molecular flexibility index (Phi) is 3.78. The maximum absolute atomic E-state index is 10.9. The zero-order valence-corrected chi connectivity index (χ0v) is 10.1. The molecule has 6 nitrogen and oxygen atoms in total. The summed E-state index contributed by atoms with van der Waals surface area (Å²) in [5.41, 5.74) is 0.921. The zero-order chi connectivity index (χ0) is 13.0. The highest BCUT2D eigenvalue weighted by molar-refractivity contribution is 6.30. The van der Waals surface area contributed by atoms with Crippen LogP contribution in [0.1, 0.15) is 11.5 Å². The van der Waals surface area contributed by atoms with E-state index in [1.807, 2.05) is 12.1 Å². The van der Waals surface area contributed by atoms with E-state index in [0.29, 0.717) is 18.0 Å². The number of H-pyrrole nitrogens is 1. The van der Waals surface area contributed by atoms with Gasteiger partial charge >= 0.3 is 5.76 Å². The van der Waals surface area contributed by atoms with Crippen molar-refractivity contribution in [3.05, 3.63) is 51.3 Å². The second kappa shape index (κ2) is 5.50. The third-order valence-corrected chi connectivity index (χ3v) is 2.52. The number of benzene rings is 1. The molecule has 1 amide bonds. The number of halogens is 1. The van der Waals surface area contributed by atoms with Crippen molar-refractivity contribution in [2.45, 2.75) is 13.1 Å². The third kappa shape index (κ3) is 3.21. The van der Waals surface area contributed by atoms with Crippen LogP contribution in [0, 0.1) is 0 Å². The van der Waals surface area contributed by atoms with Gasteiger partial charge in [0.15, 0.2) is 0 Å². The van der Waals surface area contributed by atoms with Crippen LogP contribution in [0.5, 0.6) is 0 Å². The van der Waals surface area contributed by atoms with Gasteiger partial charge in [-0.25, -0.2) is 9.89 Å². The van der Waals surface area contributed by atoms with Crippen molar-refractivity contribution in [2.24, 2.45) is 0 Å². The lowest BCUT2D eigenvalue weighted by molar-refractivity contribution is -0.119. The summed E-state index contributed by atoms with van der Waals surface area (Å²) in [4.78, 5) is 23.1. The lowest BCUT2D eigenvalue weighted by Crippen LogP contribution is -2.21. The van der Waals surface area contributed by atoms with Crippen molar-refractivity contribution < 1.29 is 9.21 Å². The molecular formula is C11H10ClN3O3. The molecule has 0 atom stereocenters. The predicted molar refractivity (Wildman–Crippen MR) is 63.9 cm³/mol. The molecule has 18 heavy (non-hydrogen) atoms. The lowest BCUT2D eigenvalue weighted by Gasteiger charge is -2.14. The van der Waals surface area contributed by atoms with Crippen molar-refractivity contribution in [1.29, 1.82) is 0 Å². The van der Waals surface area contributed by atoms with Crippen LogP contribution < -0.4 is 5.76 Å². The predicted octanol–water partition coefficient (Wildman–Crippen LogP) is 1.17. The first kappa shape index (κ1) is 12.4. The van der Waals surface area contributed by atoms with Gasteiger partial charge in [0.25, 0.3) is 0 Å². The summed E-state index contributed by atoms with van der Waals surface area (Å²) in [6, 6.07) is 7.13. The molecule has 7 heteroatoms. The van der Waals surface area contributed by atoms with Gasteiger partial charge in [0.2, 0.25) is 12.3 Å². The van der Waals surface area contributed by atoms with E-state index in [9.17, 15) is 9.59 Å². The number of aromatic nitrogens is 2. The van der Waals surface area contributed by atoms with Crippen molar-refractivity contribution in [2.75, 3.05) is 0 Å². The Hall–Kier alpha value is -2.08. The maximum Gasteiger partial charge on any atom is 0.434 e. The highest BCUT2D eigenvalue weighted by Gasteiger charge is 2.08. The van der Waals surface area contributed by atoms with Gasteiger partial charge < -0.3 is 9.32 Å². The fraction of sp³-hybridized carbons (Fsp3) is 0.182. The SMILES string of the molecule is O=CN(Cc1ccc(Cl)cc1)Cc1n[nH]c(=O)o1. The van der Waals surface area contributed by atoms with E-state index in [0.717, 1.165) is 5.56 Å². The molecule has 0 aliphatic rings. The molecule has 1 aromatic heterocycles. The van der Waals surface area contributed by atoms with Gasteiger partial charge in [0.1, 0.15) is 0 Å². The number of rotatable bonds is 5. The monoisotopic (exact) mass is 267 g/mol. The van der Waals surface area contributed by atoms with Crippen LogP contribution in [0.2, 0.25) is 5.02 Å². The van der Waals surface area contributed by atoms with E-state index in [-0.39, 0.29) is 12.4 Å². The molecule has 0 fully saturated rings. The summed E-state index contributed by atoms with van der Waals surface area (Å²) in [6.45, 7) is 0.516. The minimum absolute atomic E-state index is 0.130. The van der Waals surface area contributed by atoms with Crippen molar-refractivity contribution in [3.63, 3.8) is 0 Å². The van der Waals surface area contributed by atoms with Gasteiger partial charge in [-0.15, -0.1) is 5.10 Å². The molecule has 1 heterocycles. The van der Waals surface area contributed by atoms with Crippen molar-refractivity contribution in [1.82, 2.24) is 15.1 Å². The minimum Gasteiger partial charge on any atom is -0.391 e. The molecule has 0 aliphatic carbocycles. The Labute approximate surface area is 107 Å². The average Bonchev–Trinajstić information content (AvgIpc) is 2.77. The first-order chi connectivity index (χ1) is 8.67. The maximum atomic E-state index is 10.9. The molecule has 0 saturated carbocycles. The number of hydrogen-bond acceptors (Lipinski definition) is 4. The number of nitrogens with one attached hydrogen (secondary N) is 1. The van der Waals surface area contributed by atoms with E-state index in [4.69, 9.17) is 16.0 Å². The zero-order valence-electron chi connectivity index (χ0n) is 9.30. The Balaban J connectivity index is 2.03.